The molecule has 3 heteroatoms. The zero-order chi connectivity index (χ0) is 7.41. The predicted octanol–water partition coefficient (Wildman–Crippen LogP) is -0.406. The lowest BCUT2D eigenvalue weighted by Gasteiger charge is -2.23. The normalized spacial score (nSPS) is 50.1. The highest BCUT2D eigenvalue weighted by atomic mass is 16.5. The van der Waals surface area contributed by atoms with E-state index >= 15 is 0 Å². The first kappa shape index (κ1) is 6.58. The SMILES string of the molecule is CC1(N)COC2(CC2)[C@H]1N. The number of nitrogens with two attached hydrogens (primary N) is 2. The molecule has 3 nitrogen and oxygen atoms in total. The Balaban J connectivity index is 2.20. The van der Waals surface area contributed by atoms with Crippen LogP contribution >= 0.6 is 0 Å². The molecule has 4 N–H and O–H groups in total. The van der Waals surface area contributed by atoms with Crippen molar-refractivity contribution in [3.05, 3.63) is 0 Å². The van der Waals surface area contributed by atoms with Crippen LogP contribution in [0.15, 0.2) is 0 Å². The molecule has 0 amide bonds. The molecule has 10 heavy (non-hydrogen) atoms. The van der Waals surface area contributed by atoms with Crippen LogP contribution in [0.5, 0.6) is 0 Å². The van der Waals surface area contributed by atoms with Gasteiger partial charge in [-0.1, -0.05) is 0 Å². The fourth-order valence-electron chi connectivity index (χ4n) is 1.66. The molecular formula is C7H14N2O. The Morgan fingerprint density at radius 3 is 2.30 bits per heavy atom. The smallest absolute Gasteiger partial charge is 0.0854 e. The van der Waals surface area contributed by atoms with Crippen molar-refractivity contribution in [3.8, 4) is 0 Å². The summed E-state index contributed by atoms with van der Waals surface area (Å²) in [4.78, 5) is 0. The number of hydrogen-bond acceptors (Lipinski definition) is 3. The minimum Gasteiger partial charge on any atom is -0.371 e. The molecule has 0 radical (unpaired) electrons. The molecule has 1 saturated heterocycles. The second-order valence-electron chi connectivity index (χ2n) is 3.84. The van der Waals surface area contributed by atoms with Crippen LogP contribution in [0.1, 0.15) is 19.8 Å². The van der Waals surface area contributed by atoms with Crippen LogP contribution in [0.2, 0.25) is 0 Å². The van der Waals surface area contributed by atoms with Gasteiger partial charge in [0.15, 0.2) is 0 Å². The molecule has 1 heterocycles. The minimum absolute atomic E-state index is 0.0104. The first-order valence-corrected chi connectivity index (χ1v) is 3.75. The Morgan fingerprint density at radius 2 is 2.10 bits per heavy atom. The summed E-state index contributed by atoms with van der Waals surface area (Å²) in [7, 11) is 0. The lowest BCUT2D eigenvalue weighted by molar-refractivity contribution is 0.0807. The summed E-state index contributed by atoms with van der Waals surface area (Å²) in [6.45, 7) is 2.58. The topological polar surface area (TPSA) is 61.3 Å². The number of rotatable bonds is 0. The zero-order valence-corrected chi connectivity index (χ0v) is 6.26. The van der Waals surface area contributed by atoms with Crippen LogP contribution < -0.4 is 11.5 Å². The van der Waals surface area contributed by atoms with Crippen LogP contribution in [0.3, 0.4) is 0 Å². The van der Waals surface area contributed by atoms with Gasteiger partial charge in [0, 0.05) is 0 Å². The Kier molecular flexibility index (Phi) is 1.02. The molecule has 2 rings (SSSR count). The minimum atomic E-state index is -0.295. The van der Waals surface area contributed by atoms with Gasteiger partial charge < -0.3 is 16.2 Å². The summed E-state index contributed by atoms with van der Waals surface area (Å²) < 4.78 is 5.53. The van der Waals surface area contributed by atoms with Crippen molar-refractivity contribution >= 4 is 0 Å². The van der Waals surface area contributed by atoms with Gasteiger partial charge >= 0.3 is 0 Å². The maximum absolute atomic E-state index is 5.90. The van der Waals surface area contributed by atoms with Gasteiger partial charge in [0.05, 0.1) is 23.8 Å². The van der Waals surface area contributed by atoms with E-state index in [-0.39, 0.29) is 17.2 Å². The van der Waals surface area contributed by atoms with Crippen LogP contribution in [-0.4, -0.2) is 23.8 Å². The molecule has 1 spiro atoms. The second kappa shape index (κ2) is 1.55. The highest BCUT2D eigenvalue weighted by Crippen LogP contribution is 2.48. The first-order chi connectivity index (χ1) is 4.57. The quantitative estimate of drug-likeness (QED) is 0.483. The monoisotopic (exact) mass is 142 g/mol. The van der Waals surface area contributed by atoms with E-state index in [1.54, 1.807) is 0 Å². The summed E-state index contributed by atoms with van der Waals surface area (Å²) >= 11 is 0. The van der Waals surface area contributed by atoms with E-state index in [0.717, 1.165) is 12.8 Å². The first-order valence-electron chi connectivity index (χ1n) is 3.75. The summed E-state index contributed by atoms with van der Waals surface area (Å²) in [5.41, 5.74) is 11.5. The third-order valence-electron chi connectivity index (χ3n) is 2.69. The summed E-state index contributed by atoms with van der Waals surface area (Å²) in [5.74, 6) is 0. The van der Waals surface area contributed by atoms with Gasteiger partial charge in [0.25, 0.3) is 0 Å². The molecule has 1 aliphatic heterocycles. The average molecular weight is 142 g/mol. The highest BCUT2D eigenvalue weighted by Gasteiger charge is 2.59. The van der Waals surface area contributed by atoms with E-state index in [9.17, 15) is 0 Å². The molecular weight excluding hydrogens is 128 g/mol. The standard InChI is InChI=1S/C7H14N2O/c1-6(9)4-10-7(2-3-7)5(6)8/h5H,2-4,8-9H2,1H3/t5-,6?/m0/s1. The molecule has 0 bridgehead atoms. The van der Waals surface area contributed by atoms with Crippen molar-refractivity contribution in [1.29, 1.82) is 0 Å². The maximum Gasteiger partial charge on any atom is 0.0854 e. The zero-order valence-electron chi connectivity index (χ0n) is 6.26. The second-order valence-corrected chi connectivity index (χ2v) is 3.84. The Hall–Kier alpha value is -0.120. The van der Waals surface area contributed by atoms with E-state index < -0.39 is 0 Å². The summed E-state index contributed by atoms with van der Waals surface area (Å²) in [6.07, 6.45) is 2.20. The van der Waals surface area contributed by atoms with Crippen molar-refractivity contribution in [2.24, 2.45) is 11.5 Å². The Morgan fingerprint density at radius 1 is 1.50 bits per heavy atom. The van der Waals surface area contributed by atoms with E-state index in [2.05, 4.69) is 0 Å². The molecule has 0 aromatic rings. The molecule has 2 fully saturated rings. The van der Waals surface area contributed by atoms with Gasteiger partial charge in [-0.2, -0.15) is 0 Å². The highest BCUT2D eigenvalue weighted by molar-refractivity contribution is 5.16. The Labute approximate surface area is 60.7 Å². The lowest BCUT2D eigenvalue weighted by atomic mass is 9.93. The fourth-order valence-corrected chi connectivity index (χ4v) is 1.66. The van der Waals surface area contributed by atoms with Crippen LogP contribution in [0, 0.1) is 0 Å². The predicted molar refractivity (Wildman–Crippen MR) is 38.5 cm³/mol. The van der Waals surface area contributed by atoms with Crippen molar-refractivity contribution in [2.75, 3.05) is 6.61 Å². The molecule has 0 aromatic carbocycles. The van der Waals surface area contributed by atoms with Gasteiger partial charge in [-0.15, -0.1) is 0 Å². The lowest BCUT2D eigenvalue weighted by Crippen LogP contribution is -2.55. The van der Waals surface area contributed by atoms with E-state index in [0.29, 0.717) is 6.61 Å². The summed E-state index contributed by atoms with van der Waals surface area (Å²) in [5, 5.41) is 0. The molecule has 0 aromatic heterocycles. The number of ether oxygens (including phenoxy) is 1. The van der Waals surface area contributed by atoms with Gasteiger partial charge in [0.2, 0.25) is 0 Å². The van der Waals surface area contributed by atoms with Gasteiger partial charge in [-0.25, -0.2) is 0 Å². The maximum atomic E-state index is 5.90. The molecule has 1 saturated carbocycles. The average Bonchev–Trinajstić information content (AvgIpc) is 2.59. The van der Waals surface area contributed by atoms with Crippen molar-refractivity contribution in [1.82, 2.24) is 0 Å². The summed E-state index contributed by atoms with van der Waals surface area (Å²) in [6, 6.07) is 0.0417. The molecule has 58 valence electrons. The van der Waals surface area contributed by atoms with Crippen LogP contribution in [0.4, 0.5) is 0 Å². The van der Waals surface area contributed by atoms with Gasteiger partial charge in [-0.05, 0) is 19.8 Å². The molecule has 1 aliphatic carbocycles. The largest absolute Gasteiger partial charge is 0.371 e. The molecule has 2 atom stereocenters. The third-order valence-corrected chi connectivity index (χ3v) is 2.69. The fraction of sp³-hybridized carbons (Fsp3) is 1.00. The number of hydrogen-bond donors (Lipinski definition) is 2. The van der Waals surface area contributed by atoms with Crippen LogP contribution in [0.25, 0.3) is 0 Å². The van der Waals surface area contributed by atoms with Crippen molar-refractivity contribution in [3.63, 3.8) is 0 Å². The van der Waals surface area contributed by atoms with Crippen molar-refractivity contribution < 1.29 is 4.74 Å². The van der Waals surface area contributed by atoms with Gasteiger partial charge in [-0.3, -0.25) is 0 Å². The van der Waals surface area contributed by atoms with Crippen LogP contribution in [-0.2, 0) is 4.74 Å². The van der Waals surface area contributed by atoms with Crippen molar-refractivity contribution in [2.45, 2.75) is 36.9 Å². The molecule has 1 unspecified atom stereocenters. The third kappa shape index (κ3) is 0.654. The van der Waals surface area contributed by atoms with Gasteiger partial charge in [0.1, 0.15) is 0 Å². The van der Waals surface area contributed by atoms with E-state index in [1.807, 2.05) is 6.92 Å². The Bertz CT molecular complexity index is 157. The van der Waals surface area contributed by atoms with E-state index in [4.69, 9.17) is 16.2 Å². The molecule has 2 aliphatic rings. The van der Waals surface area contributed by atoms with E-state index in [1.165, 1.54) is 0 Å².